The van der Waals surface area contributed by atoms with E-state index in [0.29, 0.717) is 11.8 Å². The smallest absolute Gasteiger partial charge is 0.241 e. The number of nitrogens with one attached hydrogen (secondary N) is 1. The molecule has 1 aliphatic carbocycles. The van der Waals surface area contributed by atoms with E-state index in [1.807, 2.05) is 0 Å². The molecule has 0 radical (unpaired) electrons. The zero-order chi connectivity index (χ0) is 13.4. The first-order valence-electron chi connectivity index (χ1n) is 7.25. The van der Waals surface area contributed by atoms with Crippen LogP contribution in [0.4, 0.5) is 0 Å². The summed E-state index contributed by atoms with van der Waals surface area (Å²) < 4.78 is 0. The summed E-state index contributed by atoms with van der Waals surface area (Å²) in [6.07, 6.45) is 3.62. The molecule has 2 atom stereocenters. The topological polar surface area (TPSA) is 32.3 Å². The summed E-state index contributed by atoms with van der Waals surface area (Å²) >= 11 is 1.74. The van der Waals surface area contributed by atoms with Gasteiger partial charge in [0.2, 0.25) is 5.91 Å². The number of thiophene rings is 1. The number of rotatable bonds is 5. The minimum absolute atomic E-state index is 0.00542. The lowest BCUT2D eigenvalue weighted by Crippen LogP contribution is -2.33. The van der Waals surface area contributed by atoms with Crippen molar-refractivity contribution in [1.82, 2.24) is 10.2 Å². The number of nitrogens with zero attached hydrogens (tertiary/aromatic N) is 1. The van der Waals surface area contributed by atoms with Gasteiger partial charge in [0.1, 0.15) is 6.17 Å². The summed E-state index contributed by atoms with van der Waals surface area (Å²) in [5.41, 5.74) is 0. The highest BCUT2D eigenvalue weighted by atomic mass is 32.1. The average molecular weight is 278 g/mol. The van der Waals surface area contributed by atoms with Crippen LogP contribution in [0.15, 0.2) is 17.5 Å². The normalized spacial score (nSPS) is 27.5. The van der Waals surface area contributed by atoms with E-state index in [-0.39, 0.29) is 12.2 Å². The highest BCUT2D eigenvalue weighted by Crippen LogP contribution is 2.36. The molecule has 1 amide bonds. The van der Waals surface area contributed by atoms with Crippen molar-refractivity contribution >= 4 is 17.2 Å². The lowest BCUT2D eigenvalue weighted by molar-refractivity contribution is -0.130. The van der Waals surface area contributed by atoms with Gasteiger partial charge in [-0.2, -0.15) is 0 Å². The van der Waals surface area contributed by atoms with E-state index in [2.05, 4.69) is 41.6 Å². The molecule has 2 heterocycles. The minimum atomic E-state index is 0.00542. The molecule has 104 valence electrons. The highest BCUT2D eigenvalue weighted by Gasteiger charge is 2.42. The molecule has 19 heavy (non-hydrogen) atoms. The highest BCUT2D eigenvalue weighted by molar-refractivity contribution is 7.10. The fourth-order valence-electron chi connectivity index (χ4n) is 2.78. The fourth-order valence-corrected chi connectivity index (χ4v) is 3.57. The Morgan fingerprint density at radius 3 is 2.84 bits per heavy atom. The fraction of sp³-hybridized carbons (Fsp3) is 0.667. The van der Waals surface area contributed by atoms with Gasteiger partial charge in [-0.15, -0.1) is 11.3 Å². The third-order valence-electron chi connectivity index (χ3n) is 3.92. The molecule has 1 N–H and O–H groups in total. The quantitative estimate of drug-likeness (QED) is 0.898. The third-order valence-corrected chi connectivity index (χ3v) is 4.85. The first-order valence-corrected chi connectivity index (χ1v) is 8.13. The van der Waals surface area contributed by atoms with E-state index in [0.717, 1.165) is 18.9 Å². The van der Waals surface area contributed by atoms with E-state index >= 15 is 0 Å². The largest absolute Gasteiger partial charge is 0.320 e. The van der Waals surface area contributed by atoms with Gasteiger partial charge in [-0.3, -0.25) is 10.1 Å². The minimum Gasteiger partial charge on any atom is -0.320 e. The van der Waals surface area contributed by atoms with Crippen LogP contribution < -0.4 is 5.32 Å². The van der Waals surface area contributed by atoms with Crippen LogP contribution >= 0.6 is 11.3 Å². The number of amides is 1. The van der Waals surface area contributed by atoms with Crippen LogP contribution in [0, 0.1) is 11.8 Å². The molecule has 1 saturated heterocycles. The van der Waals surface area contributed by atoms with Crippen molar-refractivity contribution in [2.75, 3.05) is 6.54 Å². The van der Waals surface area contributed by atoms with Gasteiger partial charge in [0.15, 0.2) is 0 Å². The summed E-state index contributed by atoms with van der Waals surface area (Å²) in [4.78, 5) is 15.9. The Morgan fingerprint density at radius 1 is 1.47 bits per heavy atom. The van der Waals surface area contributed by atoms with E-state index in [4.69, 9.17) is 0 Å². The molecule has 2 unspecified atom stereocenters. The molecular formula is C15H22N2OS. The summed E-state index contributed by atoms with van der Waals surface area (Å²) in [6.45, 7) is 5.29. The van der Waals surface area contributed by atoms with Crippen molar-refractivity contribution in [3.05, 3.63) is 22.4 Å². The standard InChI is InChI=1S/C15H22N2OS/c1-10(2)8-12-15(18)17(9-11-5-6-11)14(16-12)13-4-3-7-19-13/h3-4,7,10-12,14,16H,5-6,8-9H2,1-2H3. The van der Waals surface area contributed by atoms with E-state index in [1.165, 1.54) is 17.7 Å². The molecule has 1 aliphatic heterocycles. The Bertz CT molecular complexity index is 439. The Kier molecular flexibility index (Phi) is 3.63. The van der Waals surface area contributed by atoms with E-state index in [1.54, 1.807) is 11.3 Å². The predicted molar refractivity (Wildman–Crippen MR) is 77.9 cm³/mol. The monoisotopic (exact) mass is 278 g/mol. The van der Waals surface area contributed by atoms with Crippen LogP contribution in [0.2, 0.25) is 0 Å². The number of carbonyl (C=O) groups is 1. The zero-order valence-electron chi connectivity index (χ0n) is 11.6. The van der Waals surface area contributed by atoms with Crippen LogP contribution in [0.25, 0.3) is 0 Å². The molecule has 2 aliphatic rings. The Morgan fingerprint density at radius 2 is 2.26 bits per heavy atom. The zero-order valence-corrected chi connectivity index (χ0v) is 12.5. The molecule has 1 saturated carbocycles. The molecular weight excluding hydrogens is 256 g/mol. The van der Waals surface area contributed by atoms with Gasteiger partial charge in [-0.25, -0.2) is 0 Å². The molecule has 3 rings (SSSR count). The second-order valence-corrected chi connectivity index (χ2v) is 7.18. The maximum absolute atomic E-state index is 12.6. The molecule has 1 aromatic heterocycles. The molecule has 0 bridgehead atoms. The van der Waals surface area contributed by atoms with Crippen LogP contribution in [0.1, 0.15) is 44.2 Å². The third kappa shape index (κ3) is 2.84. The van der Waals surface area contributed by atoms with Gasteiger partial charge in [0.05, 0.1) is 6.04 Å². The van der Waals surface area contributed by atoms with Crippen LogP contribution in [-0.2, 0) is 4.79 Å². The molecule has 0 aromatic carbocycles. The van der Waals surface area contributed by atoms with Gasteiger partial charge in [-0.05, 0) is 42.5 Å². The van der Waals surface area contributed by atoms with Crippen molar-refractivity contribution < 1.29 is 4.79 Å². The van der Waals surface area contributed by atoms with Crippen LogP contribution in [0.5, 0.6) is 0 Å². The van der Waals surface area contributed by atoms with Crippen molar-refractivity contribution in [2.45, 2.75) is 45.3 Å². The van der Waals surface area contributed by atoms with Gasteiger partial charge in [0.25, 0.3) is 0 Å². The summed E-state index contributed by atoms with van der Waals surface area (Å²) in [5.74, 6) is 1.59. The van der Waals surface area contributed by atoms with Gasteiger partial charge in [0, 0.05) is 11.4 Å². The predicted octanol–water partition coefficient (Wildman–Crippen LogP) is 3.00. The van der Waals surface area contributed by atoms with Gasteiger partial charge < -0.3 is 4.90 Å². The maximum Gasteiger partial charge on any atom is 0.241 e. The lowest BCUT2D eigenvalue weighted by Gasteiger charge is -2.23. The second-order valence-electron chi connectivity index (χ2n) is 6.20. The average Bonchev–Trinajstić information content (AvgIpc) is 2.91. The van der Waals surface area contributed by atoms with Crippen molar-refractivity contribution in [3.63, 3.8) is 0 Å². The van der Waals surface area contributed by atoms with Gasteiger partial charge >= 0.3 is 0 Å². The molecule has 3 nitrogen and oxygen atoms in total. The van der Waals surface area contributed by atoms with Crippen LogP contribution in [0.3, 0.4) is 0 Å². The van der Waals surface area contributed by atoms with E-state index < -0.39 is 0 Å². The molecule has 0 spiro atoms. The molecule has 2 fully saturated rings. The number of carbonyl (C=O) groups excluding carboxylic acids is 1. The van der Waals surface area contributed by atoms with Crippen molar-refractivity contribution in [2.24, 2.45) is 11.8 Å². The van der Waals surface area contributed by atoms with Crippen LogP contribution in [-0.4, -0.2) is 23.4 Å². The summed E-state index contributed by atoms with van der Waals surface area (Å²) in [7, 11) is 0. The summed E-state index contributed by atoms with van der Waals surface area (Å²) in [5, 5.41) is 5.63. The summed E-state index contributed by atoms with van der Waals surface area (Å²) in [6, 6.07) is 4.20. The lowest BCUT2D eigenvalue weighted by atomic mass is 10.0. The first kappa shape index (κ1) is 13.1. The van der Waals surface area contributed by atoms with E-state index in [9.17, 15) is 4.79 Å². The van der Waals surface area contributed by atoms with Crippen molar-refractivity contribution in [3.8, 4) is 0 Å². The molecule has 4 heteroatoms. The number of hydrogen-bond acceptors (Lipinski definition) is 3. The Hall–Kier alpha value is -0.870. The Balaban J connectivity index is 1.77. The number of hydrogen-bond donors (Lipinski definition) is 1. The van der Waals surface area contributed by atoms with Gasteiger partial charge in [-0.1, -0.05) is 19.9 Å². The maximum atomic E-state index is 12.6. The first-order chi connectivity index (χ1) is 9.15. The SMILES string of the molecule is CC(C)CC1NC(c2cccs2)N(CC2CC2)C1=O. The second kappa shape index (κ2) is 5.25. The Labute approximate surface area is 119 Å². The molecule has 1 aromatic rings. The van der Waals surface area contributed by atoms with Crippen molar-refractivity contribution in [1.29, 1.82) is 0 Å².